The predicted molar refractivity (Wildman–Crippen MR) is 144 cm³/mol. The van der Waals surface area contributed by atoms with E-state index in [-0.39, 0.29) is 29.7 Å². The van der Waals surface area contributed by atoms with Crippen LogP contribution in [0.2, 0.25) is 5.02 Å². The van der Waals surface area contributed by atoms with Crippen LogP contribution in [-0.4, -0.2) is 37.2 Å². The molecule has 1 heterocycles. The number of amides is 1. The van der Waals surface area contributed by atoms with Crippen LogP contribution in [0.5, 0.6) is 0 Å². The van der Waals surface area contributed by atoms with Gasteiger partial charge in [-0.1, -0.05) is 43.6 Å². The monoisotopic (exact) mass is 538 g/mol. The van der Waals surface area contributed by atoms with Crippen molar-refractivity contribution in [2.75, 3.05) is 11.9 Å². The number of aromatic nitrogens is 1. The Hall–Kier alpha value is -3.94. The van der Waals surface area contributed by atoms with Gasteiger partial charge in [0, 0.05) is 23.3 Å². The van der Waals surface area contributed by atoms with Crippen LogP contribution in [-0.2, 0) is 9.84 Å². The summed E-state index contributed by atoms with van der Waals surface area (Å²) in [6.07, 6.45) is 4.94. The fraction of sp³-hybridized carbons (Fsp3) is 0.231. The highest BCUT2D eigenvalue weighted by molar-refractivity contribution is 7.92. The van der Waals surface area contributed by atoms with Gasteiger partial charge in [-0.3, -0.25) is 15.1 Å². The number of aliphatic imine (C=N–C) groups is 1. The summed E-state index contributed by atoms with van der Waals surface area (Å²) in [5, 5.41) is 16.7. The molecule has 3 N–H and O–H groups in total. The van der Waals surface area contributed by atoms with E-state index in [1.807, 2.05) is 13.8 Å². The molecule has 1 unspecified atom stereocenters. The van der Waals surface area contributed by atoms with Crippen molar-refractivity contribution in [2.45, 2.75) is 30.5 Å². The van der Waals surface area contributed by atoms with Crippen LogP contribution >= 0.6 is 11.6 Å². The minimum Gasteiger partial charge on any atom is -0.352 e. The summed E-state index contributed by atoms with van der Waals surface area (Å²) in [4.78, 5) is 21.1. The van der Waals surface area contributed by atoms with Crippen LogP contribution in [0.4, 0.5) is 5.69 Å². The summed E-state index contributed by atoms with van der Waals surface area (Å²) in [5.74, 6) is -0.346. The largest absolute Gasteiger partial charge is 0.352 e. The molecule has 2 aromatic carbocycles. The van der Waals surface area contributed by atoms with E-state index in [1.54, 1.807) is 67.0 Å². The minimum absolute atomic E-state index is 0.0407. The first-order valence-electron chi connectivity index (χ1n) is 11.3. The third-order valence-electron chi connectivity index (χ3n) is 5.36. The maximum absolute atomic E-state index is 13.6. The summed E-state index contributed by atoms with van der Waals surface area (Å²) >= 11 is 5.90. The third kappa shape index (κ3) is 8.03. The van der Waals surface area contributed by atoms with Gasteiger partial charge in [-0.05, 0) is 60.4 Å². The van der Waals surface area contributed by atoms with Crippen LogP contribution in [0.3, 0.4) is 0 Å². The van der Waals surface area contributed by atoms with Gasteiger partial charge in [0.05, 0.1) is 16.8 Å². The highest BCUT2D eigenvalue weighted by Gasteiger charge is 2.34. The van der Waals surface area contributed by atoms with E-state index < -0.39 is 20.6 Å². The number of carbonyl (C=O) groups excluding carboxylic acids is 1. The van der Waals surface area contributed by atoms with E-state index in [4.69, 9.17) is 11.6 Å². The van der Waals surface area contributed by atoms with Gasteiger partial charge in [0.2, 0.25) is 15.8 Å². The molecule has 0 saturated carbocycles. The summed E-state index contributed by atoms with van der Waals surface area (Å²) in [6.45, 7) is 3.86. The normalized spacial score (nSPS) is 12.8. The van der Waals surface area contributed by atoms with Crippen LogP contribution < -0.4 is 16.0 Å². The Morgan fingerprint density at radius 2 is 1.81 bits per heavy atom. The number of hydrogen-bond acceptors (Lipinski definition) is 6. The molecular formula is C26H27ClN6O3S. The zero-order chi connectivity index (χ0) is 26.9. The quantitative estimate of drug-likeness (QED) is 0.160. The van der Waals surface area contributed by atoms with E-state index >= 15 is 0 Å². The molecule has 0 saturated heterocycles. The Morgan fingerprint density at radius 3 is 2.43 bits per heavy atom. The molecule has 1 aromatic heterocycles. The summed E-state index contributed by atoms with van der Waals surface area (Å²) < 4.78 is 27.3. The number of halogens is 1. The molecule has 3 aromatic rings. The summed E-state index contributed by atoms with van der Waals surface area (Å²) in [5.41, 5.74) is 0.270. The number of sulfone groups is 1. The van der Waals surface area contributed by atoms with E-state index in [9.17, 15) is 18.5 Å². The van der Waals surface area contributed by atoms with Gasteiger partial charge < -0.3 is 10.6 Å². The van der Waals surface area contributed by atoms with E-state index in [2.05, 4.69) is 25.9 Å². The average molecular weight is 539 g/mol. The van der Waals surface area contributed by atoms with Crippen LogP contribution in [0, 0.1) is 16.9 Å². The van der Waals surface area contributed by atoms with Gasteiger partial charge in [0.1, 0.15) is 0 Å². The number of hydrogen-bond donors (Lipinski definition) is 3. The lowest BCUT2D eigenvalue weighted by molar-refractivity contribution is 0.0934. The second-order valence-electron chi connectivity index (χ2n) is 8.95. The van der Waals surface area contributed by atoms with Gasteiger partial charge in [-0.25, -0.2) is 13.4 Å². The lowest BCUT2D eigenvalue weighted by atomic mass is 9.89. The van der Waals surface area contributed by atoms with Gasteiger partial charge in [-0.2, -0.15) is 5.26 Å². The van der Waals surface area contributed by atoms with Crippen LogP contribution in [0.25, 0.3) is 0 Å². The number of nitrogens with zero attached hydrogens (tertiary/aromatic N) is 3. The highest BCUT2D eigenvalue weighted by Crippen LogP contribution is 2.29. The standard InChI is InChI=1S/C26H27ClN6O3S/c1-26(2,17-30-24(34)19-10-12-20(27)13-11-19)15-23(37(35,36)22-8-4-3-5-9-22)33-25(31-18-28)32-21-7-6-14-29-16-21/h3-14,16,23H,15,17H2,1-2H3,(H,30,34)(H2,31,32,33). The molecule has 0 radical (unpaired) electrons. The number of pyridine rings is 1. The van der Waals surface area contributed by atoms with Crippen molar-refractivity contribution in [2.24, 2.45) is 10.4 Å². The van der Waals surface area contributed by atoms with E-state index in [0.29, 0.717) is 16.3 Å². The number of benzene rings is 2. The maximum Gasteiger partial charge on any atom is 0.251 e. The third-order valence-corrected chi connectivity index (χ3v) is 7.53. The van der Waals surface area contributed by atoms with Gasteiger partial charge in [-0.15, -0.1) is 0 Å². The Bertz CT molecular complexity index is 1370. The number of anilines is 1. The van der Waals surface area contributed by atoms with E-state index in [1.165, 1.54) is 18.3 Å². The number of carbonyl (C=O) groups is 1. The Morgan fingerprint density at radius 1 is 1.11 bits per heavy atom. The average Bonchev–Trinajstić information content (AvgIpc) is 2.88. The van der Waals surface area contributed by atoms with Crippen molar-refractivity contribution in [3.8, 4) is 6.19 Å². The van der Waals surface area contributed by atoms with Gasteiger partial charge >= 0.3 is 0 Å². The number of nitriles is 1. The van der Waals surface area contributed by atoms with Gasteiger partial charge in [0.15, 0.2) is 11.6 Å². The molecule has 0 bridgehead atoms. The first-order chi connectivity index (χ1) is 17.6. The molecule has 0 fully saturated rings. The number of guanidine groups is 1. The molecule has 3 rings (SSSR count). The lowest BCUT2D eigenvalue weighted by Crippen LogP contribution is -2.39. The SMILES string of the molecule is CC(C)(CNC(=O)c1ccc(Cl)cc1)CC(N=C(NC#N)Nc1cccnc1)S(=O)(=O)c1ccccc1. The molecule has 37 heavy (non-hydrogen) atoms. The summed E-state index contributed by atoms with van der Waals surface area (Å²) in [7, 11) is -3.96. The molecule has 0 aliphatic carbocycles. The topological polar surface area (TPSA) is 136 Å². The zero-order valence-electron chi connectivity index (χ0n) is 20.3. The molecule has 9 nitrogen and oxygen atoms in total. The Labute approximate surface area is 221 Å². The molecule has 192 valence electrons. The fourth-order valence-electron chi connectivity index (χ4n) is 3.43. The molecule has 1 amide bonds. The van der Waals surface area contributed by atoms with E-state index in [0.717, 1.165) is 0 Å². The Kier molecular flexibility index (Phi) is 9.22. The second-order valence-corrected chi connectivity index (χ2v) is 11.5. The summed E-state index contributed by atoms with van der Waals surface area (Å²) in [6, 6.07) is 17.9. The van der Waals surface area contributed by atoms with Crippen molar-refractivity contribution in [1.29, 1.82) is 5.26 Å². The van der Waals surface area contributed by atoms with Crippen LogP contribution in [0.1, 0.15) is 30.6 Å². The van der Waals surface area contributed by atoms with Crippen LogP contribution in [0.15, 0.2) is 89.0 Å². The molecule has 1 atom stereocenters. The van der Waals surface area contributed by atoms with Crippen molar-refractivity contribution >= 4 is 39.0 Å². The predicted octanol–water partition coefficient (Wildman–Crippen LogP) is 4.22. The fourth-order valence-corrected chi connectivity index (χ4v) is 5.32. The molecule has 0 spiro atoms. The number of nitrogens with one attached hydrogen (secondary N) is 3. The minimum atomic E-state index is -3.96. The second kappa shape index (κ2) is 12.3. The molecule has 0 aliphatic heterocycles. The van der Waals surface area contributed by atoms with Gasteiger partial charge in [0.25, 0.3) is 5.91 Å². The maximum atomic E-state index is 13.6. The first kappa shape index (κ1) is 27.6. The van der Waals surface area contributed by atoms with Crippen molar-refractivity contribution < 1.29 is 13.2 Å². The molecule has 11 heteroatoms. The lowest BCUT2D eigenvalue weighted by Gasteiger charge is -2.28. The zero-order valence-corrected chi connectivity index (χ0v) is 21.9. The van der Waals surface area contributed by atoms with Crippen molar-refractivity contribution in [3.63, 3.8) is 0 Å². The molecular weight excluding hydrogens is 512 g/mol. The number of rotatable bonds is 9. The van der Waals surface area contributed by atoms with Crippen molar-refractivity contribution in [1.82, 2.24) is 15.6 Å². The van der Waals surface area contributed by atoms with Crippen molar-refractivity contribution in [3.05, 3.63) is 89.7 Å². The first-order valence-corrected chi connectivity index (χ1v) is 13.3. The Balaban J connectivity index is 1.88. The smallest absolute Gasteiger partial charge is 0.251 e. The highest BCUT2D eigenvalue weighted by atomic mass is 35.5. The molecule has 0 aliphatic rings.